The lowest BCUT2D eigenvalue weighted by Crippen LogP contribution is -2.26. The Bertz CT molecular complexity index is 475. The van der Waals surface area contributed by atoms with Crippen LogP contribution in [-0.2, 0) is 19.6 Å². The Kier molecular flexibility index (Phi) is 5.35. The Hall–Kier alpha value is -0.660. The molecular weight excluding hydrogens is 266 g/mol. The van der Waals surface area contributed by atoms with Crippen LogP contribution in [0.1, 0.15) is 5.56 Å². The number of sulfonamides is 1. The van der Waals surface area contributed by atoms with Crippen LogP contribution >= 0.6 is 11.6 Å². The third-order valence-electron chi connectivity index (χ3n) is 2.07. The molecule has 1 N–H and O–H groups in total. The first-order valence-electron chi connectivity index (χ1n) is 4.86. The van der Waals surface area contributed by atoms with Gasteiger partial charge in [-0.1, -0.05) is 22.6 Å². The van der Waals surface area contributed by atoms with Crippen molar-refractivity contribution in [2.45, 2.75) is 11.8 Å². The normalized spacial score (nSPS) is 11.7. The van der Waals surface area contributed by atoms with Crippen LogP contribution in [0.15, 0.2) is 23.1 Å². The fraction of sp³-hybridized carbons (Fsp3) is 0.400. The largest absolute Gasteiger partial charge is 0.382 e. The topological polar surface area (TPSA) is 64.6 Å². The third-order valence-corrected chi connectivity index (χ3v) is 3.83. The second kappa shape index (κ2) is 6.32. The van der Waals surface area contributed by atoms with Crippen LogP contribution in [0.5, 0.6) is 0 Å². The van der Waals surface area contributed by atoms with E-state index in [0.717, 1.165) is 0 Å². The van der Waals surface area contributed by atoms with Crippen LogP contribution in [0.4, 0.5) is 0 Å². The lowest BCUT2D eigenvalue weighted by Gasteiger charge is -2.09. The summed E-state index contributed by atoms with van der Waals surface area (Å²) >= 11 is 5.85. The molecule has 7 heteroatoms. The van der Waals surface area contributed by atoms with Gasteiger partial charge >= 0.3 is 0 Å². The highest BCUT2D eigenvalue weighted by Crippen LogP contribution is 2.22. The number of rotatable bonds is 6. The van der Waals surface area contributed by atoms with Crippen LogP contribution in [0.3, 0.4) is 0 Å². The molecule has 0 spiro atoms. The summed E-state index contributed by atoms with van der Waals surface area (Å²) in [6.07, 6.45) is 0. The zero-order valence-corrected chi connectivity index (χ0v) is 11.1. The van der Waals surface area contributed by atoms with Crippen molar-refractivity contribution in [2.24, 2.45) is 0 Å². The number of nitrogens with one attached hydrogen (secondary N) is 1. The van der Waals surface area contributed by atoms with Gasteiger partial charge in [0.15, 0.2) is 0 Å². The van der Waals surface area contributed by atoms with E-state index in [9.17, 15) is 8.42 Å². The molecule has 0 bridgehead atoms. The molecule has 17 heavy (non-hydrogen) atoms. The van der Waals surface area contributed by atoms with Crippen LogP contribution in [0.2, 0.25) is 5.02 Å². The molecule has 0 atom stereocenters. The van der Waals surface area contributed by atoms with Gasteiger partial charge in [0.25, 0.3) is 10.0 Å². The zero-order chi connectivity index (χ0) is 12.9. The van der Waals surface area contributed by atoms with Gasteiger partial charge in [-0.3, -0.25) is 4.84 Å². The fourth-order valence-electron chi connectivity index (χ4n) is 1.17. The van der Waals surface area contributed by atoms with Gasteiger partial charge < -0.3 is 4.74 Å². The molecule has 1 rings (SSSR count). The molecule has 0 fully saturated rings. The van der Waals surface area contributed by atoms with Crippen molar-refractivity contribution in [3.05, 3.63) is 28.8 Å². The monoisotopic (exact) mass is 279 g/mol. The van der Waals surface area contributed by atoms with Crippen molar-refractivity contribution in [2.75, 3.05) is 20.3 Å². The maximum atomic E-state index is 11.8. The van der Waals surface area contributed by atoms with Gasteiger partial charge in [0.1, 0.15) is 0 Å². The Morgan fingerprint density at radius 3 is 2.71 bits per heavy atom. The maximum Gasteiger partial charge on any atom is 0.262 e. The molecule has 0 radical (unpaired) electrons. The molecule has 0 aliphatic carbocycles. The molecule has 0 unspecified atom stereocenters. The summed E-state index contributed by atoms with van der Waals surface area (Å²) in [5, 5.41) is 0.393. The first kappa shape index (κ1) is 14.4. The Labute approximate surface area is 106 Å². The molecule has 5 nitrogen and oxygen atoms in total. The predicted octanol–water partition coefficient (Wildman–Crippen LogP) is 1.50. The van der Waals surface area contributed by atoms with Gasteiger partial charge in [-0.15, -0.1) is 0 Å². The van der Waals surface area contributed by atoms with E-state index >= 15 is 0 Å². The number of hydrogen-bond acceptors (Lipinski definition) is 4. The van der Waals surface area contributed by atoms with Crippen molar-refractivity contribution in [3.8, 4) is 0 Å². The molecule has 0 saturated heterocycles. The number of hydrogen-bond donors (Lipinski definition) is 1. The smallest absolute Gasteiger partial charge is 0.262 e. The van der Waals surface area contributed by atoms with Crippen molar-refractivity contribution < 1.29 is 18.0 Å². The van der Waals surface area contributed by atoms with Crippen LogP contribution in [0.25, 0.3) is 0 Å². The van der Waals surface area contributed by atoms with Gasteiger partial charge in [-0.2, -0.15) is 0 Å². The second-order valence-electron chi connectivity index (χ2n) is 3.29. The van der Waals surface area contributed by atoms with Gasteiger partial charge in [0.05, 0.1) is 18.1 Å². The molecule has 0 aliphatic rings. The predicted molar refractivity (Wildman–Crippen MR) is 64.3 cm³/mol. The van der Waals surface area contributed by atoms with Gasteiger partial charge in [-0.05, 0) is 24.6 Å². The molecule has 0 saturated carbocycles. The van der Waals surface area contributed by atoms with Gasteiger partial charge in [0, 0.05) is 12.1 Å². The maximum absolute atomic E-state index is 11.8. The third kappa shape index (κ3) is 3.93. The van der Waals surface area contributed by atoms with Gasteiger partial charge in [-0.25, -0.2) is 8.42 Å². The van der Waals surface area contributed by atoms with Gasteiger partial charge in [0.2, 0.25) is 0 Å². The van der Waals surface area contributed by atoms with Crippen LogP contribution in [0, 0.1) is 6.92 Å². The number of benzene rings is 1. The van der Waals surface area contributed by atoms with E-state index in [1.54, 1.807) is 19.1 Å². The molecular formula is C10H14ClNO4S. The lowest BCUT2D eigenvalue weighted by atomic mass is 10.2. The van der Waals surface area contributed by atoms with E-state index in [-0.39, 0.29) is 11.5 Å². The summed E-state index contributed by atoms with van der Waals surface area (Å²) in [6, 6.07) is 4.66. The summed E-state index contributed by atoms with van der Waals surface area (Å²) in [4.78, 5) is 6.89. The SMILES string of the molecule is COCCONS(=O)(=O)c1cccc(Cl)c1C. The van der Waals surface area contributed by atoms with E-state index in [1.165, 1.54) is 13.2 Å². The number of halogens is 1. The molecule has 0 aliphatic heterocycles. The summed E-state index contributed by atoms with van der Waals surface area (Å²) in [6.45, 7) is 2.07. The first-order valence-corrected chi connectivity index (χ1v) is 6.73. The highest BCUT2D eigenvalue weighted by atomic mass is 35.5. The van der Waals surface area contributed by atoms with Crippen LogP contribution in [-0.4, -0.2) is 28.7 Å². The van der Waals surface area contributed by atoms with E-state index in [2.05, 4.69) is 0 Å². The second-order valence-corrected chi connectivity index (χ2v) is 5.31. The molecule has 96 valence electrons. The Balaban J connectivity index is 2.79. The Morgan fingerprint density at radius 2 is 2.06 bits per heavy atom. The van der Waals surface area contributed by atoms with Crippen molar-refractivity contribution in [1.82, 2.24) is 4.89 Å². The van der Waals surface area contributed by atoms with Crippen LogP contribution < -0.4 is 4.89 Å². The highest BCUT2D eigenvalue weighted by Gasteiger charge is 2.17. The minimum Gasteiger partial charge on any atom is -0.382 e. The lowest BCUT2D eigenvalue weighted by molar-refractivity contribution is 0.0438. The van der Waals surface area contributed by atoms with E-state index in [0.29, 0.717) is 17.2 Å². The van der Waals surface area contributed by atoms with E-state index < -0.39 is 10.0 Å². The standard InChI is InChI=1S/C10H14ClNO4S/c1-8-9(11)4-3-5-10(8)17(13,14)12-16-7-6-15-2/h3-5,12H,6-7H2,1-2H3. The Morgan fingerprint density at radius 1 is 1.35 bits per heavy atom. The number of ether oxygens (including phenoxy) is 1. The molecule has 1 aromatic carbocycles. The molecule has 0 aromatic heterocycles. The number of methoxy groups -OCH3 is 1. The van der Waals surface area contributed by atoms with E-state index in [4.69, 9.17) is 21.2 Å². The minimum atomic E-state index is -3.71. The summed E-state index contributed by atoms with van der Waals surface area (Å²) < 4.78 is 28.4. The average molecular weight is 280 g/mol. The summed E-state index contributed by atoms with van der Waals surface area (Å²) in [7, 11) is -2.21. The first-order chi connectivity index (χ1) is 7.99. The molecule has 0 amide bonds. The quantitative estimate of drug-likeness (QED) is 0.633. The van der Waals surface area contributed by atoms with Crippen molar-refractivity contribution in [3.63, 3.8) is 0 Å². The zero-order valence-electron chi connectivity index (χ0n) is 9.57. The van der Waals surface area contributed by atoms with E-state index in [1.807, 2.05) is 4.89 Å². The molecule has 0 heterocycles. The highest BCUT2D eigenvalue weighted by molar-refractivity contribution is 7.89. The van der Waals surface area contributed by atoms with Crippen molar-refractivity contribution >= 4 is 21.6 Å². The average Bonchev–Trinajstić information content (AvgIpc) is 2.28. The minimum absolute atomic E-state index is 0.0995. The summed E-state index contributed by atoms with van der Waals surface area (Å²) in [5.74, 6) is 0. The summed E-state index contributed by atoms with van der Waals surface area (Å²) in [5.41, 5.74) is 0.483. The molecule has 1 aromatic rings. The fourth-order valence-corrected chi connectivity index (χ4v) is 2.50. The van der Waals surface area contributed by atoms with Crippen molar-refractivity contribution in [1.29, 1.82) is 0 Å².